The third-order valence-corrected chi connectivity index (χ3v) is 4.28. The summed E-state index contributed by atoms with van der Waals surface area (Å²) in [6.07, 6.45) is 27.7. The van der Waals surface area contributed by atoms with Crippen LogP contribution in [0.4, 0.5) is 0 Å². The second kappa shape index (κ2) is 22.5. The predicted molar refractivity (Wildman–Crippen MR) is 122 cm³/mol. The van der Waals surface area contributed by atoms with Crippen LogP contribution in [0.2, 0.25) is 0 Å². The van der Waals surface area contributed by atoms with Crippen molar-refractivity contribution in [3.63, 3.8) is 0 Å². The van der Waals surface area contributed by atoms with E-state index in [0.717, 1.165) is 58.2 Å². The van der Waals surface area contributed by atoms with Gasteiger partial charge < -0.3 is 16.8 Å². The minimum atomic E-state index is 0.575. The summed E-state index contributed by atoms with van der Waals surface area (Å²) in [5.41, 5.74) is 11.3. The highest BCUT2D eigenvalue weighted by Crippen LogP contribution is 2.08. The first kappa shape index (κ1) is 25.4. The maximum Gasteiger partial charge on any atom is 0.188 e. The van der Waals surface area contributed by atoms with Gasteiger partial charge in [-0.2, -0.15) is 0 Å². The van der Waals surface area contributed by atoms with Gasteiger partial charge in [0.25, 0.3) is 0 Å². The number of hydrogen-bond acceptors (Lipinski definition) is 2. The Balaban J connectivity index is 3.32. The molecule has 0 aromatic carbocycles. The molecule has 0 aliphatic carbocycles. The summed E-state index contributed by atoms with van der Waals surface area (Å²) in [6, 6.07) is 0. The van der Waals surface area contributed by atoms with Crippen LogP contribution in [0.15, 0.2) is 41.4 Å². The molecule has 156 valence electrons. The molecule has 27 heavy (non-hydrogen) atoms. The molecular formula is C23H44N4. The van der Waals surface area contributed by atoms with E-state index >= 15 is 0 Å². The van der Waals surface area contributed by atoms with Crippen molar-refractivity contribution in [3.05, 3.63) is 36.5 Å². The maximum absolute atomic E-state index is 5.82. The Hall–Kier alpha value is -1.55. The van der Waals surface area contributed by atoms with Crippen LogP contribution in [0.25, 0.3) is 0 Å². The zero-order valence-electron chi connectivity index (χ0n) is 17.7. The molecule has 0 heterocycles. The lowest BCUT2D eigenvalue weighted by molar-refractivity contribution is 0.600. The van der Waals surface area contributed by atoms with Crippen molar-refractivity contribution in [2.75, 3.05) is 19.6 Å². The maximum atomic E-state index is 5.82. The van der Waals surface area contributed by atoms with Gasteiger partial charge in [-0.1, -0.05) is 69.1 Å². The van der Waals surface area contributed by atoms with Crippen molar-refractivity contribution in [2.24, 2.45) is 16.5 Å². The molecule has 4 nitrogen and oxygen atoms in total. The molecule has 0 fully saturated rings. The van der Waals surface area contributed by atoms with E-state index in [-0.39, 0.29) is 0 Å². The van der Waals surface area contributed by atoms with E-state index in [0.29, 0.717) is 5.96 Å². The van der Waals surface area contributed by atoms with Gasteiger partial charge in [0.2, 0.25) is 0 Å². The molecule has 0 spiro atoms. The lowest BCUT2D eigenvalue weighted by atomic mass is 10.1. The molecule has 0 saturated carbocycles. The lowest BCUT2D eigenvalue weighted by Gasteiger charge is -2.04. The van der Waals surface area contributed by atoms with Crippen molar-refractivity contribution in [3.8, 4) is 0 Å². The summed E-state index contributed by atoms with van der Waals surface area (Å²) < 4.78 is 0. The average molecular weight is 377 g/mol. The lowest BCUT2D eigenvalue weighted by Crippen LogP contribution is -2.32. The van der Waals surface area contributed by atoms with Gasteiger partial charge >= 0.3 is 0 Å². The zero-order chi connectivity index (χ0) is 19.8. The van der Waals surface area contributed by atoms with Crippen LogP contribution >= 0.6 is 0 Å². The Morgan fingerprint density at radius 3 is 2.11 bits per heavy atom. The highest BCUT2D eigenvalue weighted by Gasteiger charge is 1.93. The first-order valence-electron chi connectivity index (χ1n) is 11.0. The van der Waals surface area contributed by atoms with Gasteiger partial charge in [-0.3, -0.25) is 4.99 Å². The van der Waals surface area contributed by atoms with E-state index in [1.807, 2.05) is 0 Å². The second-order valence-electron chi connectivity index (χ2n) is 6.89. The summed E-state index contributed by atoms with van der Waals surface area (Å²) in [7, 11) is 0. The molecule has 0 aromatic rings. The fourth-order valence-electron chi connectivity index (χ4n) is 2.65. The summed E-state index contributed by atoms with van der Waals surface area (Å²) in [5.74, 6) is 0.575. The van der Waals surface area contributed by atoms with E-state index in [1.165, 1.54) is 38.5 Å². The van der Waals surface area contributed by atoms with Crippen LogP contribution in [0.3, 0.4) is 0 Å². The zero-order valence-corrected chi connectivity index (χ0v) is 17.7. The molecule has 0 saturated heterocycles. The van der Waals surface area contributed by atoms with Crippen LogP contribution in [0.1, 0.15) is 84.0 Å². The first-order valence-corrected chi connectivity index (χ1v) is 11.0. The van der Waals surface area contributed by atoms with Gasteiger partial charge in [-0.05, 0) is 57.9 Å². The molecule has 0 aliphatic heterocycles. The third kappa shape index (κ3) is 22.4. The van der Waals surface area contributed by atoms with Gasteiger partial charge in [-0.25, -0.2) is 0 Å². The van der Waals surface area contributed by atoms with Crippen molar-refractivity contribution >= 4 is 5.96 Å². The molecule has 0 aromatic heterocycles. The number of nitrogens with zero attached hydrogens (tertiary/aromatic N) is 1. The molecule has 0 bridgehead atoms. The molecule has 0 rings (SSSR count). The third-order valence-electron chi connectivity index (χ3n) is 4.28. The SMILES string of the molecule is CC/C=C\C/C=C\C/C=C\CCCCCCCCN=C(N)NCCCCN. The Morgan fingerprint density at radius 2 is 1.41 bits per heavy atom. The smallest absolute Gasteiger partial charge is 0.188 e. The van der Waals surface area contributed by atoms with Gasteiger partial charge in [0.1, 0.15) is 0 Å². The number of nitrogens with one attached hydrogen (secondary N) is 1. The largest absolute Gasteiger partial charge is 0.370 e. The van der Waals surface area contributed by atoms with Crippen molar-refractivity contribution in [1.29, 1.82) is 0 Å². The normalized spacial score (nSPS) is 12.7. The Kier molecular flexibility index (Phi) is 21.2. The highest BCUT2D eigenvalue weighted by molar-refractivity contribution is 5.77. The van der Waals surface area contributed by atoms with Crippen LogP contribution in [0, 0.1) is 0 Å². The summed E-state index contributed by atoms with van der Waals surface area (Å²) >= 11 is 0. The molecule has 0 unspecified atom stereocenters. The van der Waals surface area contributed by atoms with Gasteiger partial charge in [-0.15, -0.1) is 0 Å². The molecule has 0 atom stereocenters. The van der Waals surface area contributed by atoms with E-state index in [1.54, 1.807) is 0 Å². The summed E-state index contributed by atoms with van der Waals surface area (Å²) in [4.78, 5) is 4.36. The Labute approximate surface area is 168 Å². The van der Waals surface area contributed by atoms with Gasteiger partial charge in [0, 0.05) is 13.1 Å². The molecule has 5 N–H and O–H groups in total. The average Bonchev–Trinajstić information content (AvgIpc) is 2.67. The minimum Gasteiger partial charge on any atom is -0.370 e. The number of allylic oxidation sites excluding steroid dienone is 6. The van der Waals surface area contributed by atoms with E-state index < -0.39 is 0 Å². The minimum absolute atomic E-state index is 0.575. The topological polar surface area (TPSA) is 76.4 Å². The molecule has 0 amide bonds. The van der Waals surface area contributed by atoms with Crippen LogP contribution in [-0.2, 0) is 0 Å². The van der Waals surface area contributed by atoms with Crippen molar-refractivity contribution < 1.29 is 0 Å². The standard InChI is InChI=1S/C23H44N4/c1-2-3-4-5-6-7-8-9-10-11-12-13-14-15-16-18-21-26-23(25)27-22-19-17-20-24/h3-4,6-7,9-10H,2,5,8,11-22,24H2,1H3,(H3,25,26,27)/b4-3-,7-6-,10-9-. The van der Waals surface area contributed by atoms with E-state index in [4.69, 9.17) is 11.5 Å². The molecule has 4 heteroatoms. The predicted octanol–water partition coefficient (Wildman–Crippen LogP) is 5.22. The second-order valence-corrected chi connectivity index (χ2v) is 6.89. The Morgan fingerprint density at radius 1 is 0.778 bits per heavy atom. The fourth-order valence-corrected chi connectivity index (χ4v) is 2.65. The van der Waals surface area contributed by atoms with Crippen LogP contribution in [-0.4, -0.2) is 25.6 Å². The summed E-state index contributed by atoms with van der Waals surface area (Å²) in [5, 5.41) is 3.13. The quantitative estimate of drug-likeness (QED) is 0.133. The van der Waals surface area contributed by atoms with Crippen molar-refractivity contribution in [1.82, 2.24) is 5.32 Å². The van der Waals surface area contributed by atoms with Gasteiger partial charge in [0.05, 0.1) is 0 Å². The first-order chi connectivity index (χ1) is 13.3. The van der Waals surface area contributed by atoms with E-state index in [2.05, 4.69) is 53.7 Å². The number of unbranched alkanes of at least 4 members (excludes halogenated alkanes) is 7. The molecule has 0 radical (unpaired) electrons. The highest BCUT2D eigenvalue weighted by atomic mass is 15.1. The van der Waals surface area contributed by atoms with Crippen molar-refractivity contribution in [2.45, 2.75) is 84.0 Å². The molecular weight excluding hydrogens is 332 g/mol. The molecule has 0 aliphatic rings. The van der Waals surface area contributed by atoms with E-state index in [9.17, 15) is 0 Å². The number of guanidine groups is 1. The number of nitrogens with two attached hydrogens (primary N) is 2. The number of rotatable bonds is 18. The monoisotopic (exact) mass is 376 g/mol. The van der Waals surface area contributed by atoms with Gasteiger partial charge in [0.15, 0.2) is 5.96 Å². The number of hydrogen-bond donors (Lipinski definition) is 3. The fraction of sp³-hybridized carbons (Fsp3) is 0.696. The van der Waals surface area contributed by atoms with Crippen LogP contribution < -0.4 is 16.8 Å². The Bertz CT molecular complexity index is 411. The van der Waals surface area contributed by atoms with Crippen LogP contribution in [0.5, 0.6) is 0 Å². The summed E-state index contributed by atoms with van der Waals surface area (Å²) in [6.45, 7) is 4.61. The number of aliphatic imine (C=N–C) groups is 1.